The monoisotopic (exact) mass is 633 g/mol. The average Bonchev–Trinajstić information content (AvgIpc) is 3.72. The summed E-state index contributed by atoms with van der Waals surface area (Å²) in [6.07, 6.45) is -6.55. The van der Waals surface area contributed by atoms with E-state index in [0.29, 0.717) is 18.9 Å². The van der Waals surface area contributed by atoms with Crippen molar-refractivity contribution in [2.45, 2.75) is 62.5 Å². The summed E-state index contributed by atoms with van der Waals surface area (Å²) in [7, 11) is -8.56. The number of fused-ring (bicyclic) bond motifs is 1. The van der Waals surface area contributed by atoms with Crippen molar-refractivity contribution in [3.8, 4) is 5.75 Å². The van der Waals surface area contributed by atoms with Crippen LogP contribution in [0, 0.1) is 5.41 Å². The molecule has 0 aromatic heterocycles. The first-order chi connectivity index (χ1) is 19.3. The van der Waals surface area contributed by atoms with Crippen molar-refractivity contribution in [3.05, 3.63) is 48.0 Å². The zero-order valence-electron chi connectivity index (χ0n) is 22.9. The number of hydrogen-bond acceptors (Lipinski definition) is 8. The number of anilines is 2. The molecule has 2 aromatic carbocycles. The first-order valence-electron chi connectivity index (χ1n) is 12.8. The summed E-state index contributed by atoms with van der Waals surface area (Å²) in [5.41, 5.74) is -1.53. The largest absolute Gasteiger partial charge is 0.486 e. The Hall–Kier alpha value is -3.53. The molecule has 2 aromatic rings. The number of ether oxygens (including phenoxy) is 2. The Kier molecular flexibility index (Phi) is 8.43. The Labute approximate surface area is 241 Å². The molecule has 0 spiro atoms. The van der Waals surface area contributed by atoms with Gasteiger partial charge in [-0.1, -0.05) is 26.8 Å². The number of nitrogens with one attached hydrogen (secondary N) is 2. The molecule has 11 nitrogen and oxygen atoms in total. The molecule has 0 bridgehead atoms. The number of amides is 2. The van der Waals surface area contributed by atoms with Gasteiger partial charge >= 0.3 is 12.3 Å². The number of carbonyl (C=O) groups is 2. The van der Waals surface area contributed by atoms with Gasteiger partial charge in [-0.2, -0.15) is 13.2 Å². The van der Waals surface area contributed by atoms with Crippen molar-refractivity contribution in [1.82, 2.24) is 4.72 Å². The molecule has 2 N–H and O–H groups in total. The molecule has 1 heterocycles. The molecule has 0 radical (unpaired) electrons. The molecule has 230 valence electrons. The highest BCUT2D eigenvalue weighted by Crippen LogP contribution is 2.40. The van der Waals surface area contributed by atoms with Crippen LogP contribution < -0.4 is 19.1 Å². The minimum atomic E-state index is -4.81. The van der Waals surface area contributed by atoms with Gasteiger partial charge < -0.3 is 9.47 Å². The van der Waals surface area contributed by atoms with Crippen LogP contribution in [0.3, 0.4) is 0 Å². The van der Waals surface area contributed by atoms with Crippen molar-refractivity contribution in [2.24, 2.45) is 5.41 Å². The summed E-state index contributed by atoms with van der Waals surface area (Å²) in [5.74, 6) is -0.986. The van der Waals surface area contributed by atoms with Crippen molar-refractivity contribution < 1.29 is 49.1 Å². The molecule has 2 amide bonds. The average molecular weight is 634 g/mol. The Morgan fingerprint density at radius 1 is 1.05 bits per heavy atom. The Bertz CT molecular complexity index is 1580. The maximum atomic E-state index is 13.7. The van der Waals surface area contributed by atoms with Crippen LogP contribution in [0.2, 0.25) is 0 Å². The van der Waals surface area contributed by atoms with Gasteiger partial charge in [0.1, 0.15) is 11.9 Å². The highest BCUT2D eigenvalue weighted by Gasteiger charge is 2.40. The van der Waals surface area contributed by atoms with E-state index in [4.69, 9.17) is 9.47 Å². The zero-order valence-corrected chi connectivity index (χ0v) is 24.5. The number of carbonyl (C=O) groups excluding carboxylic acids is 2. The Morgan fingerprint density at radius 2 is 1.74 bits per heavy atom. The number of rotatable bonds is 8. The molecule has 42 heavy (non-hydrogen) atoms. The summed E-state index contributed by atoms with van der Waals surface area (Å²) < 4.78 is 106. The number of benzene rings is 2. The predicted octanol–water partition coefficient (Wildman–Crippen LogP) is 4.25. The van der Waals surface area contributed by atoms with Crippen LogP contribution in [0.25, 0.3) is 0 Å². The standard InChI is InChI=1S/C26H30F3N3O8S2/c1-25(2,3)15-39-24(34)30-17-7-10-22-21(12-17)32(42(37,38)20-6-4-5-16(11-20)26(27,28)29)14-18(40-22)13-23(33)31-41(35,36)19-8-9-19/h4-7,10-12,18-19H,8-9,13-15H2,1-3H3,(H,30,34)(H,31,33)/t18-/m0/s1. The van der Waals surface area contributed by atoms with Crippen LogP contribution in [-0.4, -0.2) is 53.3 Å². The fourth-order valence-electron chi connectivity index (χ4n) is 3.99. The Morgan fingerprint density at radius 3 is 2.36 bits per heavy atom. The zero-order chi connectivity index (χ0) is 31.1. The fourth-order valence-corrected chi connectivity index (χ4v) is 6.86. The normalized spacial score (nSPS) is 17.6. The summed E-state index contributed by atoms with van der Waals surface area (Å²) in [6, 6.07) is 7.10. The van der Waals surface area contributed by atoms with Crippen molar-refractivity contribution in [1.29, 1.82) is 0 Å². The maximum Gasteiger partial charge on any atom is 0.416 e. The summed E-state index contributed by atoms with van der Waals surface area (Å²) in [6.45, 7) is 5.10. The van der Waals surface area contributed by atoms with E-state index in [1.165, 1.54) is 18.2 Å². The van der Waals surface area contributed by atoms with Gasteiger partial charge in [-0.15, -0.1) is 0 Å². The van der Waals surface area contributed by atoms with Crippen LogP contribution in [0.4, 0.5) is 29.3 Å². The van der Waals surface area contributed by atoms with E-state index in [-0.39, 0.29) is 29.1 Å². The van der Waals surface area contributed by atoms with Crippen molar-refractivity contribution >= 4 is 43.4 Å². The van der Waals surface area contributed by atoms with Crippen LogP contribution in [-0.2, 0) is 35.8 Å². The second-order valence-electron chi connectivity index (χ2n) is 11.2. The van der Waals surface area contributed by atoms with Gasteiger partial charge in [0, 0.05) is 5.69 Å². The summed E-state index contributed by atoms with van der Waals surface area (Å²) in [5, 5.41) is 1.80. The predicted molar refractivity (Wildman–Crippen MR) is 146 cm³/mol. The molecule has 0 saturated heterocycles. The molecule has 1 saturated carbocycles. The molecule has 16 heteroatoms. The van der Waals surface area contributed by atoms with Gasteiger partial charge in [0.2, 0.25) is 15.9 Å². The lowest BCUT2D eigenvalue weighted by Crippen LogP contribution is -2.46. The van der Waals surface area contributed by atoms with Gasteiger partial charge in [0.05, 0.1) is 41.0 Å². The second kappa shape index (κ2) is 11.3. The van der Waals surface area contributed by atoms with Gasteiger partial charge in [-0.25, -0.2) is 21.6 Å². The first-order valence-corrected chi connectivity index (χ1v) is 15.8. The molecule has 1 fully saturated rings. The quantitative estimate of drug-likeness (QED) is 0.438. The lowest BCUT2D eigenvalue weighted by Gasteiger charge is -2.35. The lowest BCUT2D eigenvalue weighted by atomic mass is 9.99. The molecular weight excluding hydrogens is 603 g/mol. The van der Waals surface area contributed by atoms with Crippen LogP contribution in [0.15, 0.2) is 47.4 Å². The third-order valence-corrected chi connectivity index (χ3v) is 9.79. The maximum absolute atomic E-state index is 13.7. The van der Waals surface area contributed by atoms with E-state index in [9.17, 15) is 39.6 Å². The molecule has 1 aliphatic heterocycles. The van der Waals surface area contributed by atoms with E-state index in [1.807, 2.05) is 25.5 Å². The third-order valence-electron chi connectivity index (χ3n) is 6.16. The van der Waals surface area contributed by atoms with Gasteiger partial charge in [-0.3, -0.25) is 19.1 Å². The van der Waals surface area contributed by atoms with Crippen molar-refractivity contribution in [2.75, 3.05) is 22.8 Å². The number of sulfonamides is 2. The number of alkyl halides is 3. The van der Waals surface area contributed by atoms with Crippen molar-refractivity contribution in [3.63, 3.8) is 0 Å². The molecular formula is C26H30F3N3O8S2. The van der Waals surface area contributed by atoms with Crippen LogP contribution >= 0.6 is 0 Å². The molecule has 4 rings (SSSR count). The van der Waals surface area contributed by atoms with Crippen LogP contribution in [0.1, 0.15) is 45.6 Å². The Balaban J connectivity index is 1.66. The van der Waals surface area contributed by atoms with E-state index in [0.717, 1.165) is 22.5 Å². The molecule has 1 atom stereocenters. The summed E-state index contributed by atoms with van der Waals surface area (Å²) in [4.78, 5) is 24.2. The minimum absolute atomic E-state index is 0.0618. The SMILES string of the molecule is CC(C)(C)COC(=O)Nc1ccc2c(c1)N(S(=O)(=O)c1cccc(C(F)(F)F)c1)C[C@H](CC(=O)NS(=O)(=O)C1CC1)O2. The third kappa shape index (κ3) is 7.65. The molecule has 0 unspecified atom stereocenters. The minimum Gasteiger partial charge on any atom is -0.486 e. The van der Waals surface area contributed by atoms with E-state index in [2.05, 4.69) is 5.32 Å². The second-order valence-corrected chi connectivity index (χ2v) is 15.0. The smallest absolute Gasteiger partial charge is 0.416 e. The van der Waals surface area contributed by atoms with Gasteiger partial charge in [-0.05, 0) is 54.7 Å². The number of halogens is 3. The molecule has 1 aliphatic carbocycles. The molecule has 2 aliphatic rings. The lowest BCUT2D eigenvalue weighted by molar-refractivity contribution is -0.137. The van der Waals surface area contributed by atoms with Crippen LogP contribution in [0.5, 0.6) is 5.75 Å². The topological polar surface area (TPSA) is 148 Å². The van der Waals surface area contributed by atoms with E-state index in [1.54, 1.807) is 0 Å². The number of hydrogen-bond donors (Lipinski definition) is 2. The fraction of sp³-hybridized carbons (Fsp3) is 0.462. The highest BCUT2D eigenvalue weighted by atomic mass is 32.2. The van der Waals surface area contributed by atoms with E-state index >= 15 is 0 Å². The summed E-state index contributed by atoms with van der Waals surface area (Å²) >= 11 is 0. The highest BCUT2D eigenvalue weighted by molar-refractivity contribution is 7.92. The van der Waals surface area contributed by atoms with Gasteiger partial charge in [0.15, 0.2) is 0 Å². The first kappa shape index (κ1) is 31.4. The van der Waals surface area contributed by atoms with E-state index < -0.39 is 73.0 Å². The van der Waals surface area contributed by atoms with Gasteiger partial charge in [0.25, 0.3) is 10.0 Å². The number of nitrogens with zero attached hydrogens (tertiary/aromatic N) is 1.